The van der Waals surface area contributed by atoms with Crippen molar-refractivity contribution in [1.29, 1.82) is 0 Å². The van der Waals surface area contributed by atoms with Gasteiger partial charge >= 0.3 is 0 Å². The van der Waals surface area contributed by atoms with E-state index < -0.39 is 0 Å². The second kappa shape index (κ2) is 6.42. The first-order valence-electron chi connectivity index (χ1n) is 6.16. The van der Waals surface area contributed by atoms with Crippen LogP contribution in [0.4, 0.5) is 0 Å². The van der Waals surface area contributed by atoms with Crippen molar-refractivity contribution in [2.24, 2.45) is 0 Å². The van der Waals surface area contributed by atoms with Gasteiger partial charge in [0.25, 0.3) is 0 Å². The molecule has 2 rings (SSSR count). The van der Waals surface area contributed by atoms with Gasteiger partial charge in [-0.15, -0.1) is 0 Å². The lowest BCUT2D eigenvalue weighted by atomic mass is 10.2. The van der Waals surface area contributed by atoms with Crippen molar-refractivity contribution in [3.05, 3.63) is 33.9 Å². The molecule has 1 heterocycles. The Bertz CT molecular complexity index is 587. The highest BCUT2D eigenvalue weighted by Gasteiger charge is 2.12. The Morgan fingerprint density at radius 1 is 1.26 bits per heavy atom. The molecule has 0 bridgehead atoms. The van der Waals surface area contributed by atoms with Crippen LogP contribution in [0.3, 0.4) is 0 Å². The van der Waals surface area contributed by atoms with Gasteiger partial charge in [0.05, 0.1) is 16.7 Å². The molecule has 2 aromatic rings. The van der Waals surface area contributed by atoms with E-state index in [0.29, 0.717) is 22.4 Å². The second-order valence-corrected chi connectivity index (χ2v) is 5.14. The molecular weight excluding hydrogens is 283 g/mol. The molecule has 0 amide bonds. The summed E-state index contributed by atoms with van der Waals surface area (Å²) in [5, 5.41) is 5.03. The largest absolute Gasteiger partial charge is 0.490 e. The molecule has 1 N–H and O–H groups in total. The number of aryl methyl sites for hydroxylation is 1. The van der Waals surface area contributed by atoms with Crippen LogP contribution in [-0.2, 0) is 0 Å². The number of rotatable bonds is 5. The minimum Gasteiger partial charge on any atom is -0.490 e. The summed E-state index contributed by atoms with van der Waals surface area (Å²) in [6, 6.07) is 5.57. The van der Waals surface area contributed by atoms with Crippen molar-refractivity contribution < 1.29 is 4.74 Å². The standard InChI is InChI=1S/C14H16Cl2N2O/c1-9-4-5-10-11(15)8-12(16)14(13(10)18-9)19-7-3-6-17-2/h4-5,8,17H,3,6-7H2,1-2H3. The molecule has 19 heavy (non-hydrogen) atoms. The van der Waals surface area contributed by atoms with Crippen molar-refractivity contribution in [1.82, 2.24) is 10.3 Å². The molecule has 5 heteroatoms. The highest BCUT2D eigenvalue weighted by Crippen LogP contribution is 2.37. The van der Waals surface area contributed by atoms with Gasteiger partial charge < -0.3 is 10.1 Å². The van der Waals surface area contributed by atoms with Crippen LogP contribution in [0.5, 0.6) is 5.75 Å². The zero-order valence-corrected chi connectivity index (χ0v) is 12.5. The predicted octanol–water partition coefficient (Wildman–Crippen LogP) is 3.84. The first-order chi connectivity index (χ1) is 9.13. The fraction of sp³-hybridized carbons (Fsp3) is 0.357. The first kappa shape index (κ1) is 14.4. The molecule has 1 aromatic heterocycles. The van der Waals surface area contributed by atoms with Crippen molar-refractivity contribution in [3.8, 4) is 5.75 Å². The van der Waals surface area contributed by atoms with Gasteiger partial charge in [-0.3, -0.25) is 0 Å². The van der Waals surface area contributed by atoms with E-state index in [0.717, 1.165) is 29.6 Å². The maximum Gasteiger partial charge on any atom is 0.164 e. The number of benzene rings is 1. The van der Waals surface area contributed by atoms with Crippen molar-refractivity contribution in [2.45, 2.75) is 13.3 Å². The smallest absolute Gasteiger partial charge is 0.164 e. The summed E-state index contributed by atoms with van der Waals surface area (Å²) >= 11 is 12.4. The maximum atomic E-state index is 6.21. The molecule has 0 spiro atoms. The van der Waals surface area contributed by atoms with E-state index in [1.54, 1.807) is 6.07 Å². The molecular formula is C14H16Cl2N2O. The summed E-state index contributed by atoms with van der Waals surface area (Å²) in [6.07, 6.45) is 0.906. The third-order valence-electron chi connectivity index (χ3n) is 2.79. The average molecular weight is 299 g/mol. The third-order valence-corrected chi connectivity index (χ3v) is 3.39. The lowest BCUT2D eigenvalue weighted by Crippen LogP contribution is -2.11. The fourth-order valence-corrected chi connectivity index (χ4v) is 2.42. The minimum atomic E-state index is 0.500. The van der Waals surface area contributed by atoms with Gasteiger partial charge in [-0.25, -0.2) is 4.98 Å². The number of nitrogens with one attached hydrogen (secondary N) is 1. The molecule has 0 aliphatic carbocycles. The van der Waals surface area contributed by atoms with Crippen LogP contribution >= 0.6 is 23.2 Å². The Labute approximate surface area is 122 Å². The SMILES string of the molecule is CNCCCOc1c(Cl)cc(Cl)c2ccc(C)nc12. The quantitative estimate of drug-likeness (QED) is 0.852. The number of ether oxygens (including phenoxy) is 1. The van der Waals surface area contributed by atoms with Crippen molar-refractivity contribution >= 4 is 34.1 Å². The predicted molar refractivity (Wildman–Crippen MR) is 80.5 cm³/mol. The molecule has 0 aliphatic heterocycles. The Kier molecular flexibility index (Phi) is 4.86. The van der Waals surface area contributed by atoms with Crippen LogP contribution < -0.4 is 10.1 Å². The van der Waals surface area contributed by atoms with Crippen molar-refractivity contribution in [2.75, 3.05) is 20.2 Å². The van der Waals surface area contributed by atoms with Crippen molar-refractivity contribution in [3.63, 3.8) is 0 Å². The number of nitrogens with zero attached hydrogens (tertiary/aromatic N) is 1. The molecule has 0 fully saturated rings. The van der Waals surface area contributed by atoms with Crippen LogP contribution in [0.1, 0.15) is 12.1 Å². The van der Waals surface area contributed by atoms with E-state index in [1.165, 1.54) is 0 Å². The summed E-state index contributed by atoms with van der Waals surface area (Å²) < 4.78 is 5.77. The van der Waals surface area contributed by atoms with E-state index in [2.05, 4.69) is 10.3 Å². The van der Waals surface area contributed by atoms with E-state index >= 15 is 0 Å². The van der Waals surface area contributed by atoms with Gasteiger partial charge in [0.15, 0.2) is 5.75 Å². The second-order valence-electron chi connectivity index (χ2n) is 4.32. The van der Waals surface area contributed by atoms with Crippen LogP contribution in [0, 0.1) is 6.92 Å². The van der Waals surface area contributed by atoms with Gasteiger partial charge in [-0.2, -0.15) is 0 Å². The van der Waals surface area contributed by atoms with E-state index in [4.69, 9.17) is 27.9 Å². The van der Waals surface area contributed by atoms with Gasteiger partial charge in [0, 0.05) is 11.1 Å². The summed E-state index contributed by atoms with van der Waals surface area (Å²) in [5.41, 5.74) is 1.63. The van der Waals surface area contributed by atoms with Gasteiger partial charge in [-0.05, 0) is 45.1 Å². The molecule has 102 valence electrons. The monoisotopic (exact) mass is 298 g/mol. The Hall–Kier alpha value is -1.03. The van der Waals surface area contributed by atoms with Gasteiger partial charge in [0.2, 0.25) is 0 Å². The Morgan fingerprint density at radius 2 is 2.05 bits per heavy atom. The Morgan fingerprint density at radius 3 is 2.79 bits per heavy atom. The Balaban J connectivity index is 2.38. The zero-order valence-electron chi connectivity index (χ0n) is 11.0. The fourth-order valence-electron chi connectivity index (χ4n) is 1.85. The summed E-state index contributed by atoms with van der Waals surface area (Å²) in [4.78, 5) is 4.49. The molecule has 1 aromatic carbocycles. The van der Waals surface area contributed by atoms with Gasteiger partial charge in [-0.1, -0.05) is 23.2 Å². The molecule has 0 aliphatic rings. The highest BCUT2D eigenvalue weighted by molar-refractivity contribution is 6.39. The zero-order chi connectivity index (χ0) is 13.8. The van der Waals surface area contributed by atoms with Crippen LogP contribution in [0.25, 0.3) is 10.9 Å². The topological polar surface area (TPSA) is 34.1 Å². The average Bonchev–Trinajstić information content (AvgIpc) is 2.37. The molecule has 3 nitrogen and oxygen atoms in total. The summed E-state index contributed by atoms with van der Waals surface area (Å²) in [5.74, 6) is 0.612. The lowest BCUT2D eigenvalue weighted by Gasteiger charge is -2.12. The van der Waals surface area contributed by atoms with Crippen LogP contribution in [-0.4, -0.2) is 25.2 Å². The third kappa shape index (κ3) is 3.30. The first-order valence-corrected chi connectivity index (χ1v) is 6.92. The van der Waals surface area contributed by atoms with Crippen LogP contribution in [0.2, 0.25) is 10.0 Å². The normalized spacial score (nSPS) is 10.9. The highest BCUT2D eigenvalue weighted by atomic mass is 35.5. The number of fused-ring (bicyclic) bond motifs is 1. The maximum absolute atomic E-state index is 6.21. The summed E-state index contributed by atoms with van der Waals surface area (Å²) in [6.45, 7) is 3.42. The molecule has 0 saturated heterocycles. The van der Waals surface area contributed by atoms with E-state index in [1.807, 2.05) is 26.1 Å². The molecule has 0 saturated carbocycles. The minimum absolute atomic E-state index is 0.500. The molecule has 0 radical (unpaired) electrons. The number of hydrogen-bond acceptors (Lipinski definition) is 3. The molecule has 0 atom stereocenters. The van der Waals surface area contributed by atoms with E-state index in [9.17, 15) is 0 Å². The number of pyridine rings is 1. The number of halogens is 2. The number of aromatic nitrogens is 1. The van der Waals surface area contributed by atoms with E-state index in [-0.39, 0.29) is 0 Å². The molecule has 0 unspecified atom stereocenters. The number of hydrogen-bond donors (Lipinski definition) is 1. The lowest BCUT2D eigenvalue weighted by molar-refractivity contribution is 0.313. The van der Waals surface area contributed by atoms with Gasteiger partial charge in [0.1, 0.15) is 5.52 Å². The van der Waals surface area contributed by atoms with Crippen LogP contribution in [0.15, 0.2) is 18.2 Å². The summed E-state index contributed by atoms with van der Waals surface area (Å²) in [7, 11) is 1.91.